The molecule has 13 heavy (non-hydrogen) atoms. The van der Waals surface area contributed by atoms with E-state index in [1.54, 1.807) is 0 Å². The van der Waals surface area contributed by atoms with Crippen molar-refractivity contribution in [2.45, 2.75) is 26.8 Å². The highest BCUT2D eigenvalue weighted by Crippen LogP contribution is 2.13. The maximum absolute atomic E-state index is 5.65. The highest BCUT2D eigenvalue weighted by atomic mass is 14.9. The van der Waals surface area contributed by atoms with Gasteiger partial charge in [0, 0.05) is 18.3 Å². The SMILES string of the molecule is Cc1cc(C)cc(NCC(C)N)c1. The summed E-state index contributed by atoms with van der Waals surface area (Å²) in [6.45, 7) is 7.02. The Labute approximate surface area is 80.1 Å². The van der Waals surface area contributed by atoms with E-state index in [1.165, 1.54) is 11.1 Å². The van der Waals surface area contributed by atoms with Crippen molar-refractivity contribution in [2.24, 2.45) is 5.73 Å². The molecule has 0 aromatic heterocycles. The van der Waals surface area contributed by atoms with Crippen molar-refractivity contribution < 1.29 is 0 Å². The van der Waals surface area contributed by atoms with Crippen LogP contribution in [0.2, 0.25) is 0 Å². The molecule has 3 N–H and O–H groups in total. The zero-order chi connectivity index (χ0) is 9.84. The van der Waals surface area contributed by atoms with Gasteiger partial charge in [-0.3, -0.25) is 0 Å². The van der Waals surface area contributed by atoms with Gasteiger partial charge in [0.1, 0.15) is 0 Å². The van der Waals surface area contributed by atoms with Crippen LogP contribution in [0, 0.1) is 13.8 Å². The van der Waals surface area contributed by atoms with E-state index in [0.29, 0.717) is 0 Å². The minimum atomic E-state index is 0.195. The van der Waals surface area contributed by atoms with Crippen molar-refractivity contribution in [3.8, 4) is 0 Å². The fourth-order valence-corrected chi connectivity index (χ4v) is 1.36. The maximum atomic E-state index is 5.65. The number of anilines is 1. The highest BCUT2D eigenvalue weighted by Gasteiger charge is 1.96. The molecule has 0 aliphatic carbocycles. The van der Waals surface area contributed by atoms with Crippen molar-refractivity contribution in [3.05, 3.63) is 29.3 Å². The summed E-state index contributed by atoms with van der Waals surface area (Å²) in [5.41, 5.74) is 9.38. The molecule has 72 valence electrons. The summed E-state index contributed by atoms with van der Waals surface area (Å²) in [5.74, 6) is 0. The number of nitrogens with two attached hydrogens (primary N) is 1. The number of hydrogen-bond acceptors (Lipinski definition) is 2. The first-order valence-electron chi connectivity index (χ1n) is 4.65. The topological polar surface area (TPSA) is 38.0 Å². The van der Waals surface area contributed by atoms with E-state index in [0.717, 1.165) is 12.2 Å². The Balaban J connectivity index is 2.66. The summed E-state index contributed by atoms with van der Waals surface area (Å²) >= 11 is 0. The molecule has 0 spiro atoms. The lowest BCUT2D eigenvalue weighted by molar-refractivity contribution is 0.780. The molecular formula is C11H18N2. The molecule has 2 heteroatoms. The standard InChI is InChI=1S/C11H18N2/c1-8-4-9(2)6-11(5-8)13-7-10(3)12/h4-6,10,13H,7,12H2,1-3H3. The third kappa shape index (κ3) is 3.47. The fraction of sp³-hybridized carbons (Fsp3) is 0.455. The van der Waals surface area contributed by atoms with Crippen LogP contribution in [0.3, 0.4) is 0 Å². The maximum Gasteiger partial charge on any atom is 0.0346 e. The summed E-state index contributed by atoms with van der Waals surface area (Å²) in [6.07, 6.45) is 0. The lowest BCUT2D eigenvalue weighted by atomic mass is 10.1. The van der Waals surface area contributed by atoms with E-state index < -0.39 is 0 Å². The van der Waals surface area contributed by atoms with E-state index in [1.807, 2.05) is 6.92 Å². The van der Waals surface area contributed by atoms with Crippen molar-refractivity contribution in [3.63, 3.8) is 0 Å². The molecule has 0 aliphatic rings. The molecular weight excluding hydrogens is 160 g/mol. The Morgan fingerprint density at radius 3 is 2.23 bits per heavy atom. The molecule has 1 atom stereocenters. The van der Waals surface area contributed by atoms with Gasteiger partial charge in [0.05, 0.1) is 0 Å². The van der Waals surface area contributed by atoms with Gasteiger partial charge in [-0.15, -0.1) is 0 Å². The first kappa shape index (κ1) is 10.1. The van der Waals surface area contributed by atoms with E-state index in [9.17, 15) is 0 Å². The Morgan fingerprint density at radius 1 is 1.23 bits per heavy atom. The second kappa shape index (κ2) is 4.28. The highest BCUT2D eigenvalue weighted by molar-refractivity contribution is 5.48. The summed E-state index contributed by atoms with van der Waals surface area (Å²) < 4.78 is 0. The Morgan fingerprint density at radius 2 is 1.77 bits per heavy atom. The molecule has 1 unspecified atom stereocenters. The van der Waals surface area contributed by atoms with Crippen LogP contribution in [0.1, 0.15) is 18.1 Å². The van der Waals surface area contributed by atoms with Crippen LogP contribution < -0.4 is 11.1 Å². The Hall–Kier alpha value is -1.02. The summed E-state index contributed by atoms with van der Waals surface area (Å²) in [5, 5.41) is 3.30. The van der Waals surface area contributed by atoms with Crippen LogP contribution in [0.4, 0.5) is 5.69 Å². The third-order valence-electron chi connectivity index (χ3n) is 1.85. The normalized spacial score (nSPS) is 12.6. The molecule has 0 bridgehead atoms. The van der Waals surface area contributed by atoms with Crippen LogP contribution >= 0.6 is 0 Å². The van der Waals surface area contributed by atoms with Crippen molar-refractivity contribution in [2.75, 3.05) is 11.9 Å². The van der Waals surface area contributed by atoms with E-state index in [2.05, 4.69) is 37.4 Å². The Bertz CT molecular complexity index is 259. The van der Waals surface area contributed by atoms with Gasteiger partial charge in [0.15, 0.2) is 0 Å². The average molecular weight is 178 g/mol. The van der Waals surface area contributed by atoms with Crippen LogP contribution in [0.25, 0.3) is 0 Å². The summed E-state index contributed by atoms with van der Waals surface area (Å²) in [6, 6.07) is 6.63. The zero-order valence-corrected chi connectivity index (χ0v) is 8.59. The number of hydrogen-bond donors (Lipinski definition) is 2. The van der Waals surface area contributed by atoms with Crippen molar-refractivity contribution in [1.29, 1.82) is 0 Å². The first-order chi connectivity index (χ1) is 6.08. The van der Waals surface area contributed by atoms with E-state index in [4.69, 9.17) is 5.73 Å². The quantitative estimate of drug-likeness (QED) is 0.743. The second-order valence-corrected chi connectivity index (χ2v) is 3.73. The van der Waals surface area contributed by atoms with Gasteiger partial charge >= 0.3 is 0 Å². The fourth-order valence-electron chi connectivity index (χ4n) is 1.36. The monoisotopic (exact) mass is 178 g/mol. The molecule has 1 aromatic rings. The molecule has 0 heterocycles. The average Bonchev–Trinajstić information content (AvgIpc) is 1.99. The zero-order valence-electron chi connectivity index (χ0n) is 8.59. The van der Waals surface area contributed by atoms with Gasteiger partial charge in [-0.25, -0.2) is 0 Å². The first-order valence-corrected chi connectivity index (χ1v) is 4.65. The minimum absolute atomic E-state index is 0.195. The Kier molecular flexibility index (Phi) is 3.32. The number of aryl methyl sites for hydroxylation is 2. The van der Waals surface area contributed by atoms with Crippen LogP contribution in [0.5, 0.6) is 0 Å². The van der Waals surface area contributed by atoms with Crippen LogP contribution in [-0.2, 0) is 0 Å². The molecule has 1 rings (SSSR count). The van der Waals surface area contributed by atoms with Gasteiger partial charge in [-0.2, -0.15) is 0 Å². The second-order valence-electron chi connectivity index (χ2n) is 3.73. The number of nitrogens with one attached hydrogen (secondary N) is 1. The predicted octanol–water partition coefficient (Wildman–Crippen LogP) is 2.06. The van der Waals surface area contributed by atoms with Crippen LogP contribution in [0.15, 0.2) is 18.2 Å². The lowest BCUT2D eigenvalue weighted by Crippen LogP contribution is -2.25. The lowest BCUT2D eigenvalue weighted by Gasteiger charge is -2.10. The van der Waals surface area contributed by atoms with Gasteiger partial charge in [0.25, 0.3) is 0 Å². The number of benzene rings is 1. The van der Waals surface area contributed by atoms with Crippen LogP contribution in [-0.4, -0.2) is 12.6 Å². The summed E-state index contributed by atoms with van der Waals surface area (Å²) in [7, 11) is 0. The van der Waals surface area contributed by atoms with Gasteiger partial charge in [-0.1, -0.05) is 6.07 Å². The molecule has 0 saturated heterocycles. The molecule has 0 radical (unpaired) electrons. The van der Waals surface area contributed by atoms with E-state index >= 15 is 0 Å². The van der Waals surface area contributed by atoms with Crippen molar-refractivity contribution >= 4 is 5.69 Å². The van der Waals surface area contributed by atoms with Gasteiger partial charge in [0.2, 0.25) is 0 Å². The molecule has 0 saturated carbocycles. The third-order valence-corrected chi connectivity index (χ3v) is 1.85. The summed E-state index contributed by atoms with van der Waals surface area (Å²) in [4.78, 5) is 0. The molecule has 0 fully saturated rings. The predicted molar refractivity (Wildman–Crippen MR) is 58.1 cm³/mol. The minimum Gasteiger partial charge on any atom is -0.383 e. The van der Waals surface area contributed by atoms with E-state index in [-0.39, 0.29) is 6.04 Å². The molecule has 1 aromatic carbocycles. The molecule has 0 amide bonds. The van der Waals surface area contributed by atoms with Crippen molar-refractivity contribution in [1.82, 2.24) is 0 Å². The molecule has 0 aliphatic heterocycles. The smallest absolute Gasteiger partial charge is 0.0346 e. The van der Waals surface area contributed by atoms with Gasteiger partial charge < -0.3 is 11.1 Å². The molecule has 2 nitrogen and oxygen atoms in total. The van der Waals surface area contributed by atoms with Gasteiger partial charge in [-0.05, 0) is 44.0 Å². The number of rotatable bonds is 3. The largest absolute Gasteiger partial charge is 0.383 e.